The van der Waals surface area contributed by atoms with Crippen molar-refractivity contribution in [1.82, 2.24) is 4.90 Å². The Hall–Kier alpha value is -3.32. The summed E-state index contributed by atoms with van der Waals surface area (Å²) in [5.41, 5.74) is 2.27. The highest BCUT2D eigenvalue weighted by molar-refractivity contribution is 6.46. The lowest BCUT2D eigenvalue weighted by atomic mass is 9.94. The predicted molar refractivity (Wildman–Crippen MR) is 133 cm³/mol. The van der Waals surface area contributed by atoms with E-state index in [2.05, 4.69) is 6.92 Å². The van der Waals surface area contributed by atoms with Gasteiger partial charge in [-0.1, -0.05) is 25.5 Å². The van der Waals surface area contributed by atoms with Crippen LogP contribution in [0.1, 0.15) is 55.8 Å². The van der Waals surface area contributed by atoms with Gasteiger partial charge in [0.15, 0.2) is 0 Å². The van der Waals surface area contributed by atoms with E-state index in [1.165, 1.54) is 4.90 Å². The number of ether oxygens (including phenoxy) is 3. The molecule has 1 amide bonds. The molecule has 1 saturated heterocycles. The van der Waals surface area contributed by atoms with E-state index in [0.717, 1.165) is 36.1 Å². The van der Waals surface area contributed by atoms with E-state index in [0.29, 0.717) is 37.5 Å². The zero-order valence-corrected chi connectivity index (χ0v) is 20.6. The van der Waals surface area contributed by atoms with Crippen LogP contribution in [0.5, 0.6) is 11.5 Å². The van der Waals surface area contributed by atoms with Crippen molar-refractivity contribution in [2.24, 2.45) is 0 Å². The highest BCUT2D eigenvalue weighted by Crippen LogP contribution is 2.41. The van der Waals surface area contributed by atoms with Crippen molar-refractivity contribution in [3.8, 4) is 11.5 Å². The van der Waals surface area contributed by atoms with Gasteiger partial charge in [-0.05, 0) is 61.2 Å². The first-order valence-electron chi connectivity index (χ1n) is 12.2. The Bertz CT molecular complexity index is 1120. The Morgan fingerprint density at radius 1 is 1.14 bits per heavy atom. The fraction of sp³-hybridized carbons (Fsp3) is 0.429. The second-order valence-corrected chi connectivity index (χ2v) is 9.07. The maximum Gasteiger partial charge on any atom is 0.295 e. The first-order chi connectivity index (χ1) is 16.9. The molecule has 2 aromatic carbocycles. The second-order valence-electron chi connectivity index (χ2n) is 9.07. The molecule has 0 saturated carbocycles. The summed E-state index contributed by atoms with van der Waals surface area (Å²) >= 11 is 0. The normalized spacial score (nSPS) is 20.7. The molecule has 0 radical (unpaired) electrons. The number of carbonyl (C=O) groups excluding carboxylic acids is 2. The predicted octanol–water partition coefficient (Wildman–Crippen LogP) is 4.65. The third-order valence-corrected chi connectivity index (χ3v) is 6.40. The van der Waals surface area contributed by atoms with E-state index in [1.54, 1.807) is 19.2 Å². The zero-order chi connectivity index (χ0) is 24.9. The van der Waals surface area contributed by atoms with Crippen molar-refractivity contribution >= 4 is 17.4 Å². The molecule has 7 heteroatoms. The maximum atomic E-state index is 13.2. The molecule has 7 nitrogen and oxygen atoms in total. The minimum atomic E-state index is -0.718. The lowest BCUT2D eigenvalue weighted by molar-refractivity contribution is -0.140. The van der Waals surface area contributed by atoms with E-state index in [4.69, 9.17) is 14.2 Å². The first-order valence-corrected chi connectivity index (χ1v) is 12.2. The summed E-state index contributed by atoms with van der Waals surface area (Å²) in [6.07, 6.45) is 3.30. The number of Topliss-reactive ketones (excluding diaryl/α,β-unsaturated/α-hetero) is 1. The number of nitrogens with zero attached hydrogens (tertiary/aromatic N) is 1. The van der Waals surface area contributed by atoms with Gasteiger partial charge in [-0.2, -0.15) is 0 Å². The number of likely N-dealkylation sites (tertiary alicyclic amines) is 1. The summed E-state index contributed by atoms with van der Waals surface area (Å²) in [7, 11) is 1.60. The van der Waals surface area contributed by atoms with Gasteiger partial charge in [0, 0.05) is 32.2 Å². The molecular weight excluding hydrogens is 446 g/mol. The van der Waals surface area contributed by atoms with Gasteiger partial charge >= 0.3 is 0 Å². The molecule has 2 aliphatic heterocycles. The number of ketones is 1. The lowest BCUT2D eigenvalue weighted by Crippen LogP contribution is -2.31. The molecule has 0 aromatic heterocycles. The smallest absolute Gasteiger partial charge is 0.295 e. The Morgan fingerprint density at radius 2 is 1.97 bits per heavy atom. The standard InChI is InChI=1S/C28H33NO6/c1-4-5-14-34-22-9-6-8-19(17-22)25-24(27(31)28(32)29(25)12-7-13-33-3)26(30)20-10-11-23-21(16-20)15-18(2)35-23/h6,8-11,16-18,25,30H,4-5,7,12-15H2,1-3H3. The number of hydrogen-bond acceptors (Lipinski definition) is 6. The largest absolute Gasteiger partial charge is 0.507 e. The van der Waals surface area contributed by atoms with E-state index in [-0.39, 0.29) is 17.4 Å². The molecule has 0 bridgehead atoms. The average Bonchev–Trinajstić information content (AvgIpc) is 3.35. The van der Waals surface area contributed by atoms with Crippen LogP contribution in [0.15, 0.2) is 48.0 Å². The van der Waals surface area contributed by atoms with Crippen LogP contribution in [0.2, 0.25) is 0 Å². The van der Waals surface area contributed by atoms with Crippen molar-refractivity contribution in [2.45, 2.75) is 51.7 Å². The minimum Gasteiger partial charge on any atom is -0.507 e. The van der Waals surface area contributed by atoms with E-state index in [9.17, 15) is 14.7 Å². The summed E-state index contributed by atoms with van der Waals surface area (Å²) in [5.74, 6) is -0.0395. The molecular formula is C28H33NO6. The van der Waals surface area contributed by atoms with Gasteiger partial charge in [0.25, 0.3) is 11.7 Å². The van der Waals surface area contributed by atoms with Crippen LogP contribution in [0.3, 0.4) is 0 Å². The average molecular weight is 480 g/mol. The molecule has 35 heavy (non-hydrogen) atoms. The van der Waals surface area contributed by atoms with Crippen LogP contribution in [0.25, 0.3) is 5.76 Å². The maximum absolute atomic E-state index is 13.2. The summed E-state index contributed by atoms with van der Waals surface area (Å²) in [5, 5.41) is 11.4. The van der Waals surface area contributed by atoms with Gasteiger partial charge in [0.05, 0.1) is 18.2 Å². The Labute approximate surface area is 206 Å². The SMILES string of the molecule is CCCCOc1cccc(C2C(=C(O)c3ccc4c(c3)CC(C)O4)C(=O)C(=O)N2CCCOC)c1. The van der Waals surface area contributed by atoms with E-state index >= 15 is 0 Å². The fourth-order valence-electron chi connectivity index (χ4n) is 4.67. The molecule has 2 atom stereocenters. The first kappa shape index (κ1) is 24.8. The van der Waals surface area contributed by atoms with Gasteiger partial charge in [-0.3, -0.25) is 9.59 Å². The Morgan fingerprint density at radius 3 is 2.74 bits per heavy atom. The molecule has 0 aliphatic carbocycles. The molecule has 2 unspecified atom stereocenters. The topological polar surface area (TPSA) is 85.3 Å². The molecule has 186 valence electrons. The molecule has 1 fully saturated rings. The molecule has 2 aromatic rings. The van der Waals surface area contributed by atoms with Gasteiger partial charge in [0.2, 0.25) is 0 Å². The molecule has 0 spiro atoms. The van der Waals surface area contributed by atoms with Crippen LogP contribution in [-0.4, -0.2) is 54.7 Å². The van der Waals surface area contributed by atoms with Crippen LogP contribution >= 0.6 is 0 Å². The van der Waals surface area contributed by atoms with Crippen molar-refractivity contribution in [1.29, 1.82) is 0 Å². The van der Waals surface area contributed by atoms with Crippen molar-refractivity contribution in [3.63, 3.8) is 0 Å². The molecule has 1 N–H and O–H groups in total. The Balaban J connectivity index is 1.76. The highest BCUT2D eigenvalue weighted by Gasteiger charge is 2.46. The van der Waals surface area contributed by atoms with Gasteiger partial charge in [-0.15, -0.1) is 0 Å². The summed E-state index contributed by atoms with van der Waals surface area (Å²) in [6, 6.07) is 12.1. The van der Waals surface area contributed by atoms with E-state index in [1.807, 2.05) is 37.3 Å². The van der Waals surface area contributed by atoms with Crippen molar-refractivity contribution in [2.75, 3.05) is 26.9 Å². The minimum absolute atomic E-state index is 0.0595. The van der Waals surface area contributed by atoms with Crippen LogP contribution in [0.4, 0.5) is 0 Å². The highest BCUT2D eigenvalue weighted by atomic mass is 16.5. The monoisotopic (exact) mass is 479 g/mol. The summed E-state index contributed by atoms with van der Waals surface area (Å²) in [6.45, 7) is 5.46. The number of rotatable bonds is 10. The number of amides is 1. The number of benzene rings is 2. The lowest BCUT2D eigenvalue weighted by Gasteiger charge is -2.25. The summed E-state index contributed by atoms with van der Waals surface area (Å²) < 4.78 is 16.8. The summed E-state index contributed by atoms with van der Waals surface area (Å²) in [4.78, 5) is 27.9. The van der Waals surface area contributed by atoms with Gasteiger partial charge < -0.3 is 24.2 Å². The third kappa shape index (κ3) is 5.20. The molecule has 2 aliphatic rings. The second kappa shape index (κ2) is 11.0. The van der Waals surface area contributed by atoms with Gasteiger partial charge in [0.1, 0.15) is 23.4 Å². The van der Waals surface area contributed by atoms with Crippen LogP contribution in [0, 0.1) is 0 Å². The van der Waals surface area contributed by atoms with Crippen molar-refractivity contribution in [3.05, 3.63) is 64.7 Å². The number of hydrogen-bond donors (Lipinski definition) is 1. The number of carbonyl (C=O) groups is 2. The number of unbranched alkanes of at least 4 members (excludes halogenated alkanes) is 1. The number of aliphatic hydroxyl groups excluding tert-OH is 1. The zero-order valence-electron chi connectivity index (χ0n) is 20.6. The van der Waals surface area contributed by atoms with E-state index < -0.39 is 17.7 Å². The van der Waals surface area contributed by atoms with Gasteiger partial charge in [-0.25, -0.2) is 0 Å². The quantitative estimate of drug-likeness (QED) is 0.231. The number of methoxy groups -OCH3 is 1. The number of aliphatic hydroxyl groups is 1. The number of fused-ring (bicyclic) bond motifs is 1. The molecule has 2 heterocycles. The van der Waals surface area contributed by atoms with Crippen LogP contribution < -0.4 is 9.47 Å². The fourth-order valence-corrected chi connectivity index (χ4v) is 4.67. The van der Waals surface area contributed by atoms with Crippen LogP contribution in [-0.2, 0) is 20.7 Å². The third-order valence-electron chi connectivity index (χ3n) is 6.40. The Kier molecular flexibility index (Phi) is 7.76. The van der Waals surface area contributed by atoms with Crippen molar-refractivity contribution < 1.29 is 28.9 Å². The molecule has 4 rings (SSSR count).